The lowest BCUT2D eigenvalue weighted by molar-refractivity contribution is 0.0949. The van der Waals surface area contributed by atoms with Crippen LogP contribution in [-0.2, 0) is 13.0 Å². The minimum atomic E-state index is -0.593. The first-order chi connectivity index (χ1) is 18.0. The van der Waals surface area contributed by atoms with Gasteiger partial charge in [0.05, 0.1) is 30.6 Å². The summed E-state index contributed by atoms with van der Waals surface area (Å²) < 4.78 is 11.4. The van der Waals surface area contributed by atoms with Crippen molar-refractivity contribution in [2.45, 2.75) is 19.4 Å². The normalized spacial score (nSPS) is 13.1. The van der Waals surface area contributed by atoms with Gasteiger partial charge in [-0.25, -0.2) is 10.1 Å². The maximum absolute atomic E-state index is 13.2. The molecule has 0 atom stereocenters. The number of carbonyl (C=O) groups is 1. The molecule has 4 aromatic rings. The largest absolute Gasteiger partial charge is 0.495 e. The highest BCUT2D eigenvalue weighted by Gasteiger charge is 2.27. The van der Waals surface area contributed by atoms with Crippen molar-refractivity contribution in [3.63, 3.8) is 0 Å². The molecule has 14 heteroatoms. The molecule has 0 saturated heterocycles. The molecule has 0 bridgehead atoms. The molecule has 0 fully saturated rings. The van der Waals surface area contributed by atoms with Crippen LogP contribution in [0.2, 0.25) is 10.0 Å². The zero-order chi connectivity index (χ0) is 25.9. The molecule has 3 heterocycles. The third kappa shape index (κ3) is 4.93. The third-order valence-electron chi connectivity index (χ3n) is 5.83. The number of anilines is 2. The number of nitrogens with two attached hydrogens (primary N) is 1. The van der Waals surface area contributed by atoms with E-state index in [-0.39, 0.29) is 17.3 Å². The van der Waals surface area contributed by atoms with Crippen LogP contribution in [0, 0.1) is 0 Å². The third-order valence-corrected chi connectivity index (χ3v) is 6.33. The molecule has 12 nitrogen and oxygen atoms in total. The number of aryl methyl sites for hydroxylation is 1. The molecule has 0 radical (unpaired) electrons. The van der Waals surface area contributed by atoms with Crippen LogP contribution in [-0.4, -0.2) is 51.1 Å². The summed E-state index contributed by atoms with van der Waals surface area (Å²) in [6.45, 7) is 1.09. The van der Waals surface area contributed by atoms with E-state index in [1.807, 2.05) is 18.2 Å². The predicted octanol–water partition coefficient (Wildman–Crippen LogP) is 3.26. The fourth-order valence-electron chi connectivity index (χ4n) is 4.19. The number of ether oxygens (including phenoxy) is 1. The molecule has 0 aliphatic carbocycles. The van der Waals surface area contributed by atoms with Gasteiger partial charge in [0.2, 0.25) is 11.6 Å². The quantitative estimate of drug-likeness (QED) is 0.265. The number of para-hydroxylation sites is 1. The molecule has 37 heavy (non-hydrogen) atoms. The van der Waals surface area contributed by atoms with E-state index >= 15 is 0 Å². The predicted molar refractivity (Wildman–Crippen MR) is 138 cm³/mol. The van der Waals surface area contributed by atoms with E-state index in [0.717, 1.165) is 25.1 Å². The molecule has 3 N–H and O–H groups in total. The van der Waals surface area contributed by atoms with Crippen LogP contribution in [0.25, 0.3) is 5.82 Å². The topological polar surface area (TPSA) is 150 Å². The number of hydrazone groups is 1. The van der Waals surface area contributed by atoms with E-state index in [1.165, 1.54) is 23.6 Å². The second-order valence-corrected chi connectivity index (χ2v) is 8.98. The molecule has 5 rings (SSSR count). The van der Waals surface area contributed by atoms with E-state index in [9.17, 15) is 4.79 Å². The summed E-state index contributed by atoms with van der Waals surface area (Å²) in [6, 6.07) is 11.3. The maximum atomic E-state index is 13.2. The van der Waals surface area contributed by atoms with Crippen molar-refractivity contribution >= 4 is 46.8 Å². The Kier molecular flexibility index (Phi) is 6.93. The zero-order valence-corrected chi connectivity index (χ0v) is 21.1. The summed E-state index contributed by atoms with van der Waals surface area (Å²) in [7, 11) is 1.47. The lowest BCUT2D eigenvalue weighted by Gasteiger charge is -2.31. The van der Waals surface area contributed by atoms with Crippen molar-refractivity contribution in [1.29, 1.82) is 0 Å². The van der Waals surface area contributed by atoms with Gasteiger partial charge in [-0.1, -0.05) is 46.6 Å². The maximum Gasteiger partial charge on any atom is 0.293 e. The number of benzene rings is 2. The van der Waals surface area contributed by atoms with Gasteiger partial charge in [-0.3, -0.25) is 4.79 Å². The number of rotatable bonds is 7. The fraction of sp³-hybridized carbons (Fsp3) is 0.217. The Morgan fingerprint density at radius 2 is 2.14 bits per heavy atom. The minimum Gasteiger partial charge on any atom is -0.495 e. The Balaban J connectivity index is 1.46. The second-order valence-electron chi connectivity index (χ2n) is 8.13. The number of aromatic nitrogens is 5. The van der Waals surface area contributed by atoms with Crippen LogP contribution in [0.3, 0.4) is 0 Å². The molecule has 1 amide bonds. The average molecular weight is 542 g/mol. The molecule has 0 unspecified atom stereocenters. The zero-order valence-electron chi connectivity index (χ0n) is 19.6. The molecule has 2 aromatic carbocycles. The summed E-state index contributed by atoms with van der Waals surface area (Å²) in [6.07, 6.45) is 3.31. The minimum absolute atomic E-state index is 0.0140. The van der Waals surface area contributed by atoms with Gasteiger partial charge < -0.3 is 15.4 Å². The molecular weight excluding hydrogens is 521 g/mol. The van der Waals surface area contributed by atoms with Crippen LogP contribution < -0.4 is 20.8 Å². The first-order valence-corrected chi connectivity index (χ1v) is 11.9. The molecule has 190 valence electrons. The summed E-state index contributed by atoms with van der Waals surface area (Å²) in [5, 5.41) is 20.4. The molecule has 1 aliphatic rings. The van der Waals surface area contributed by atoms with Gasteiger partial charge in [-0.15, -0.1) is 5.10 Å². The first-order valence-electron chi connectivity index (χ1n) is 11.2. The van der Waals surface area contributed by atoms with Crippen molar-refractivity contribution in [3.05, 3.63) is 69.0 Å². The van der Waals surface area contributed by atoms with Gasteiger partial charge in [0.1, 0.15) is 5.75 Å². The lowest BCUT2D eigenvalue weighted by atomic mass is 10.0. The van der Waals surface area contributed by atoms with E-state index in [0.29, 0.717) is 33.6 Å². The average Bonchev–Trinajstić information content (AvgIpc) is 3.49. The van der Waals surface area contributed by atoms with Gasteiger partial charge >= 0.3 is 0 Å². The second kappa shape index (κ2) is 10.4. The van der Waals surface area contributed by atoms with Crippen molar-refractivity contribution in [2.75, 3.05) is 24.3 Å². The Morgan fingerprint density at radius 3 is 2.92 bits per heavy atom. The summed E-state index contributed by atoms with van der Waals surface area (Å²) in [4.78, 5) is 15.3. The van der Waals surface area contributed by atoms with Crippen LogP contribution in [0.15, 0.2) is 46.1 Å². The van der Waals surface area contributed by atoms with Gasteiger partial charge in [-0.05, 0) is 46.9 Å². The van der Waals surface area contributed by atoms with Crippen LogP contribution in [0.5, 0.6) is 5.75 Å². The van der Waals surface area contributed by atoms with Crippen molar-refractivity contribution in [3.8, 4) is 11.6 Å². The van der Waals surface area contributed by atoms with E-state index in [1.54, 1.807) is 12.1 Å². The lowest BCUT2D eigenvalue weighted by Crippen LogP contribution is -2.31. The SMILES string of the molecule is COc1c(Cl)cc(Cl)cc1C=NNC(=O)c1nnn(-c2nonc2N)c1CN1CCCc2ccccc21. The standard InChI is InChI=1S/C23H21Cl2N9O3/c1-36-20-14(9-15(24)10-16(20)25)11-27-29-23(35)19-18(34(32-28-19)22-21(26)30-37-31-22)12-33-8-4-6-13-5-2-3-7-17(13)33/h2-3,5,7,9-11H,4,6,8,12H2,1H3,(H2,26,30)(H,29,35). The number of nitrogens with one attached hydrogen (secondary N) is 1. The van der Waals surface area contributed by atoms with Gasteiger partial charge in [0.25, 0.3) is 5.91 Å². The Hall–Kier alpha value is -4.16. The number of amides is 1. The van der Waals surface area contributed by atoms with Crippen molar-refractivity contribution in [2.24, 2.45) is 5.10 Å². The highest BCUT2D eigenvalue weighted by molar-refractivity contribution is 6.36. The van der Waals surface area contributed by atoms with Crippen LogP contribution in [0.4, 0.5) is 11.5 Å². The van der Waals surface area contributed by atoms with Gasteiger partial charge in [0.15, 0.2) is 5.69 Å². The highest BCUT2D eigenvalue weighted by atomic mass is 35.5. The van der Waals surface area contributed by atoms with Crippen LogP contribution in [0.1, 0.15) is 33.7 Å². The van der Waals surface area contributed by atoms with Crippen molar-refractivity contribution in [1.82, 2.24) is 30.7 Å². The Bertz CT molecular complexity index is 1480. The summed E-state index contributed by atoms with van der Waals surface area (Å²) >= 11 is 12.3. The summed E-state index contributed by atoms with van der Waals surface area (Å²) in [5.74, 6) is -0.0767. The summed E-state index contributed by atoms with van der Waals surface area (Å²) in [5.41, 5.74) is 11.6. The molecule has 2 aromatic heterocycles. The number of halogens is 2. The van der Waals surface area contributed by atoms with E-state index < -0.39 is 5.91 Å². The van der Waals surface area contributed by atoms with E-state index in [2.05, 4.69) is 42.1 Å². The Labute approximate surface area is 220 Å². The number of hydrogen-bond donors (Lipinski definition) is 2. The van der Waals surface area contributed by atoms with Crippen LogP contribution >= 0.6 is 23.2 Å². The van der Waals surface area contributed by atoms with Crippen molar-refractivity contribution < 1.29 is 14.2 Å². The van der Waals surface area contributed by atoms with Gasteiger partial charge in [-0.2, -0.15) is 9.78 Å². The fourth-order valence-corrected chi connectivity index (χ4v) is 4.78. The molecular formula is C23H21Cl2N9O3. The van der Waals surface area contributed by atoms with E-state index in [4.69, 9.17) is 38.3 Å². The number of carbonyl (C=O) groups excluding carboxylic acids is 1. The number of nitrogen functional groups attached to an aromatic ring is 1. The number of hydrogen-bond acceptors (Lipinski definition) is 10. The number of nitrogens with zero attached hydrogens (tertiary/aromatic N) is 7. The molecule has 0 saturated carbocycles. The number of methoxy groups -OCH3 is 1. The smallest absolute Gasteiger partial charge is 0.293 e. The first kappa shape index (κ1) is 24.5. The van der Waals surface area contributed by atoms with Gasteiger partial charge in [0, 0.05) is 22.8 Å². The Morgan fingerprint density at radius 1 is 1.30 bits per heavy atom. The molecule has 0 spiro atoms. The molecule has 1 aliphatic heterocycles. The highest BCUT2D eigenvalue weighted by Crippen LogP contribution is 2.31. The number of fused-ring (bicyclic) bond motifs is 1. The monoisotopic (exact) mass is 541 g/mol.